The van der Waals surface area contributed by atoms with Crippen LogP contribution in [0.25, 0.3) is 0 Å². The third-order valence-electron chi connectivity index (χ3n) is 1.25. The van der Waals surface area contributed by atoms with Gasteiger partial charge in [-0.1, -0.05) is 20.4 Å². The summed E-state index contributed by atoms with van der Waals surface area (Å²) in [5.74, 6) is 0.143. The van der Waals surface area contributed by atoms with Crippen molar-refractivity contribution >= 4 is 0 Å². The number of hydrogen-bond acceptors (Lipinski definition) is 2. The van der Waals surface area contributed by atoms with Crippen molar-refractivity contribution in [3.8, 4) is 0 Å². The summed E-state index contributed by atoms with van der Waals surface area (Å²) in [6.07, 6.45) is -0.560. The van der Waals surface area contributed by atoms with Crippen LogP contribution in [0.5, 0.6) is 0 Å². The van der Waals surface area contributed by atoms with E-state index in [0.717, 1.165) is 0 Å². The number of hydrogen-bond donors (Lipinski definition) is 2. The van der Waals surface area contributed by atoms with Gasteiger partial charge in [-0.15, -0.1) is 0 Å². The first-order valence-corrected chi connectivity index (χ1v) is 3.06. The topological polar surface area (TPSA) is 40.5 Å². The quantitative estimate of drug-likeness (QED) is 0.548. The highest BCUT2D eigenvalue weighted by atomic mass is 16.3. The van der Waals surface area contributed by atoms with Crippen molar-refractivity contribution in [1.29, 1.82) is 0 Å². The van der Waals surface area contributed by atoms with Crippen molar-refractivity contribution in [2.24, 2.45) is 5.92 Å². The maximum Gasteiger partial charge on any atom is 0.0792 e. The molecule has 0 spiro atoms. The fourth-order valence-corrected chi connectivity index (χ4v) is 0.565. The van der Waals surface area contributed by atoms with E-state index in [9.17, 15) is 0 Å². The lowest BCUT2D eigenvalue weighted by Gasteiger charge is -2.14. The molecule has 0 saturated heterocycles. The molecule has 0 radical (unpaired) electrons. The summed E-state index contributed by atoms with van der Waals surface area (Å²) in [5, 5.41) is 17.6. The standard InChI is InChI=1S/C7H14O2/c1-5(2)7(9)6(3)4-8/h5,7-9H,3-4H2,1-2H3. The molecule has 0 aromatic rings. The SMILES string of the molecule is C=C(CO)C(O)C(C)C. The van der Waals surface area contributed by atoms with Gasteiger partial charge in [-0.2, -0.15) is 0 Å². The van der Waals surface area contributed by atoms with Crippen molar-refractivity contribution < 1.29 is 10.2 Å². The summed E-state index contributed by atoms with van der Waals surface area (Å²) < 4.78 is 0. The molecule has 2 N–H and O–H groups in total. The Kier molecular flexibility index (Phi) is 3.50. The maximum atomic E-state index is 9.14. The minimum atomic E-state index is -0.560. The Morgan fingerprint density at radius 3 is 2.11 bits per heavy atom. The molecule has 0 aliphatic rings. The third kappa shape index (κ3) is 2.63. The van der Waals surface area contributed by atoms with Crippen molar-refractivity contribution in [1.82, 2.24) is 0 Å². The molecule has 0 aromatic carbocycles. The summed E-state index contributed by atoms with van der Waals surface area (Å²) in [7, 11) is 0. The van der Waals surface area contributed by atoms with E-state index < -0.39 is 6.10 Å². The van der Waals surface area contributed by atoms with Crippen molar-refractivity contribution in [2.45, 2.75) is 20.0 Å². The van der Waals surface area contributed by atoms with Crippen LogP contribution in [-0.4, -0.2) is 22.9 Å². The van der Waals surface area contributed by atoms with E-state index in [0.29, 0.717) is 5.57 Å². The van der Waals surface area contributed by atoms with Gasteiger partial charge in [-0.3, -0.25) is 0 Å². The second-order valence-electron chi connectivity index (χ2n) is 2.51. The number of aliphatic hydroxyl groups excluding tert-OH is 2. The monoisotopic (exact) mass is 130 g/mol. The molecule has 9 heavy (non-hydrogen) atoms. The van der Waals surface area contributed by atoms with Crippen LogP contribution in [0.4, 0.5) is 0 Å². The molecule has 2 nitrogen and oxygen atoms in total. The Balaban J connectivity index is 3.72. The second-order valence-corrected chi connectivity index (χ2v) is 2.51. The molecule has 54 valence electrons. The van der Waals surface area contributed by atoms with Crippen LogP contribution in [0.1, 0.15) is 13.8 Å². The van der Waals surface area contributed by atoms with E-state index in [1.165, 1.54) is 0 Å². The number of aliphatic hydroxyl groups is 2. The van der Waals surface area contributed by atoms with Crippen LogP contribution in [0.15, 0.2) is 12.2 Å². The summed E-state index contributed by atoms with van der Waals surface area (Å²) in [6, 6.07) is 0. The Bertz CT molecular complexity index is 97.1. The minimum absolute atomic E-state index is 0.126. The lowest BCUT2D eigenvalue weighted by Crippen LogP contribution is -2.18. The Hall–Kier alpha value is -0.340. The highest BCUT2D eigenvalue weighted by molar-refractivity contribution is 5.02. The largest absolute Gasteiger partial charge is 0.392 e. The molecular weight excluding hydrogens is 116 g/mol. The Morgan fingerprint density at radius 1 is 1.56 bits per heavy atom. The highest BCUT2D eigenvalue weighted by Gasteiger charge is 2.10. The predicted molar refractivity (Wildman–Crippen MR) is 37.1 cm³/mol. The lowest BCUT2D eigenvalue weighted by molar-refractivity contribution is 0.144. The summed E-state index contributed by atoms with van der Waals surface area (Å²) in [6.45, 7) is 7.13. The van der Waals surface area contributed by atoms with Crippen LogP contribution in [0, 0.1) is 5.92 Å². The van der Waals surface area contributed by atoms with Crippen LogP contribution in [0.3, 0.4) is 0 Å². The van der Waals surface area contributed by atoms with Gasteiger partial charge in [-0.25, -0.2) is 0 Å². The van der Waals surface area contributed by atoms with Gasteiger partial charge in [0.1, 0.15) is 0 Å². The zero-order valence-electron chi connectivity index (χ0n) is 5.96. The molecule has 2 heteroatoms. The molecule has 0 heterocycles. The van der Waals surface area contributed by atoms with E-state index in [-0.39, 0.29) is 12.5 Å². The van der Waals surface area contributed by atoms with Crippen LogP contribution >= 0.6 is 0 Å². The summed E-state index contributed by atoms with van der Waals surface area (Å²) >= 11 is 0. The zero-order chi connectivity index (χ0) is 7.44. The number of rotatable bonds is 3. The van der Waals surface area contributed by atoms with Gasteiger partial charge >= 0.3 is 0 Å². The second kappa shape index (κ2) is 3.64. The third-order valence-corrected chi connectivity index (χ3v) is 1.25. The minimum Gasteiger partial charge on any atom is -0.392 e. The van der Waals surface area contributed by atoms with Gasteiger partial charge in [0.15, 0.2) is 0 Å². The summed E-state index contributed by atoms with van der Waals surface area (Å²) in [5.41, 5.74) is 0.491. The van der Waals surface area contributed by atoms with Crippen molar-refractivity contribution in [2.75, 3.05) is 6.61 Å². The van der Waals surface area contributed by atoms with E-state index in [1.54, 1.807) is 0 Å². The Morgan fingerprint density at radius 2 is 2.00 bits per heavy atom. The van der Waals surface area contributed by atoms with Crippen molar-refractivity contribution in [3.63, 3.8) is 0 Å². The Labute approximate surface area is 55.8 Å². The molecular formula is C7H14O2. The van der Waals surface area contributed by atoms with Gasteiger partial charge in [0.05, 0.1) is 12.7 Å². The molecule has 1 unspecified atom stereocenters. The molecule has 0 bridgehead atoms. The van der Waals surface area contributed by atoms with E-state index in [1.807, 2.05) is 13.8 Å². The van der Waals surface area contributed by atoms with Gasteiger partial charge in [0.2, 0.25) is 0 Å². The molecule has 0 aliphatic carbocycles. The summed E-state index contributed by atoms with van der Waals surface area (Å²) in [4.78, 5) is 0. The van der Waals surface area contributed by atoms with Gasteiger partial charge < -0.3 is 10.2 Å². The fourth-order valence-electron chi connectivity index (χ4n) is 0.565. The van der Waals surface area contributed by atoms with Crippen LogP contribution in [0.2, 0.25) is 0 Å². The zero-order valence-corrected chi connectivity index (χ0v) is 5.96. The first kappa shape index (κ1) is 8.66. The maximum absolute atomic E-state index is 9.14. The van der Waals surface area contributed by atoms with E-state index in [2.05, 4.69) is 6.58 Å². The molecule has 0 aromatic heterocycles. The van der Waals surface area contributed by atoms with Crippen LogP contribution < -0.4 is 0 Å². The van der Waals surface area contributed by atoms with Crippen molar-refractivity contribution in [3.05, 3.63) is 12.2 Å². The molecule has 0 rings (SSSR count). The van der Waals surface area contributed by atoms with E-state index in [4.69, 9.17) is 10.2 Å². The van der Waals surface area contributed by atoms with E-state index >= 15 is 0 Å². The molecule has 0 amide bonds. The van der Waals surface area contributed by atoms with Gasteiger partial charge in [-0.05, 0) is 11.5 Å². The molecule has 1 atom stereocenters. The first-order chi connectivity index (χ1) is 4.09. The van der Waals surface area contributed by atoms with Gasteiger partial charge in [0.25, 0.3) is 0 Å². The fraction of sp³-hybridized carbons (Fsp3) is 0.714. The first-order valence-electron chi connectivity index (χ1n) is 3.06. The van der Waals surface area contributed by atoms with Gasteiger partial charge in [0, 0.05) is 0 Å². The van der Waals surface area contributed by atoms with Crippen LogP contribution in [-0.2, 0) is 0 Å². The average Bonchev–Trinajstić information content (AvgIpc) is 1.84. The highest BCUT2D eigenvalue weighted by Crippen LogP contribution is 2.08. The normalized spacial score (nSPS) is 13.9. The lowest BCUT2D eigenvalue weighted by atomic mass is 10.0. The molecule has 0 aliphatic heterocycles. The smallest absolute Gasteiger partial charge is 0.0792 e. The molecule has 0 saturated carbocycles. The average molecular weight is 130 g/mol. The predicted octanol–water partition coefficient (Wildman–Crippen LogP) is 0.552. The molecule has 0 fully saturated rings.